The molecule has 2 aromatic rings. The van der Waals surface area contributed by atoms with Crippen molar-refractivity contribution in [1.82, 2.24) is 0 Å². The van der Waals surface area contributed by atoms with E-state index in [1.807, 2.05) is 26.0 Å². The van der Waals surface area contributed by atoms with E-state index in [0.29, 0.717) is 0 Å². The highest BCUT2D eigenvalue weighted by atomic mass is 31.2. The third kappa shape index (κ3) is 7.40. The predicted molar refractivity (Wildman–Crippen MR) is 128 cm³/mol. The Kier molecular flexibility index (Phi) is 9.48. The zero-order chi connectivity index (χ0) is 25.7. The number of carbonyl (C=O) groups is 1. The molecular weight excluding hydrogens is 484 g/mol. The summed E-state index contributed by atoms with van der Waals surface area (Å²) in [6, 6.07) is 11.8. The maximum absolute atomic E-state index is 12.4. The number of hydrogen-bond acceptors (Lipinski definition) is 5. The van der Waals surface area contributed by atoms with Gasteiger partial charge in [-0.05, 0) is 66.5 Å². The molecular formula is C22H31NO9P2. The smallest absolute Gasteiger partial charge is 0.340 e. The van der Waals surface area contributed by atoms with Crippen molar-refractivity contribution in [3.8, 4) is 11.5 Å². The maximum Gasteiger partial charge on any atom is 0.340 e. The molecule has 1 amide bonds. The second-order valence-electron chi connectivity index (χ2n) is 8.14. The van der Waals surface area contributed by atoms with Gasteiger partial charge in [0.05, 0.1) is 5.69 Å². The Balaban J connectivity index is 2.23. The van der Waals surface area contributed by atoms with Gasteiger partial charge in [0.25, 0.3) is 0 Å². The van der Waals surface area contributed by atoms with Crippen LogP contribution in [0.15, 0.2) is 42.5 Å². The Labute approximate surface area is 198 Å². The van der Waals surface area contributed by atoms with Gasteiger partial charge < -0.3 is 35.1 Å². The van der Waals surface area contributed by atoms with Crippen LogP contribution in [0.1, 0.15) is 62.5 Å². The van der Waals surface area contributed by atoms with E-state index >= 15 is 0 Å². The third-order valence-corrected chi connectivity index (χ3v) is 9.69. The van der Waals surface area contributed by atoms with E-state index in [-0.39, 0.29) is 29.0 Å². The quantitative estimate of drug-likeness (QED) is 0.170. The molecule has 0 saturated carbocycles. The number of phenolic OH excluding ortho intramolecular Hbond substituents is 2. The van der Waals surface area contributed by atoms with Crippen LogP contribution in [0.3, 0.4) is 0 Å². The first kappa shape index (κ1) is 28.1. The predicted octanol–water partition coefficient (Wildman–Crippen LogP) is 4.19. The Morgan fingerprint density at radius 1 is 0.853 bits per heavy atom. The molecule has 0 fully saturated rings. The molecule has 7 N–H and O–H groups in total. The topological polar surface area (TPSA) is 185 Å². The molecule has 12 heteroatoms. The van der Waals surface area contributed by atoms with Crippen LogP contribution in [-0.2, 0) is 13.9 Å². The minimum absolute atomic E-state index is 0.0273. The van der Waals surface area contributed by atoms with Crippen LogP contribution in [0.5, 0.6) is 11.5 Å². The number of hydrogen-bond donors (Lipinski definition) is 7. The summed E-state index contributed by atoms with van der Waals surface area (Å²) in [7, 11) is -10.3. The average Bonchev–Trinajstić information content (AvgIpc) is 2.72. The molecule has 0 heterocycles. The highest BCUT2D eigenvalue weighted by Gasteiger charge is 2.43. The van der Waals surface area contributed by atoms with Crippen molar-refractivity contribution in [3.63, 3.8) is 0 Å². The van der Waals surface area contributed by atoms with Crippen molar-refractivity contribution in [2.45, 2.75) is 56.8 Å². The van der Waals surface area contributed by atoms with Crippen LogP contribution in [0, 0.1) is 0 Å². The first-order valence-electron chi connectivity index (χ1n) is 10.8. The number of benzene rings is 2. The van der Waals surface area contributed by atoms with E-state index in [0.717, 1.165) is 24.0 Å². The van der Waals surface area contributed by atoms with Crippen LogP contribution in [0.25, 0.3) is 0 Å². The van der Waals surface area contributed by atoms with Gasteiger partial charge in [0.2, 0.25) is 5.91 Å². The normalized spacial score (nSPS) is 14.1. The number of phenols is 2. The lowest BCUT2D eigenvalue weighted by Crippen LogP contribution is -2.17. The fraction of sp³-hybridized carbons (Fsp3) is 0.409. The Morgan fingerprint density at radius 2 is 1.35 bits per heavy atom. The van der Waals surface area contributed by atoms with Crippen molar-refractivity contribution >= 4 is 26.8 Å². The van der Waals surface area contributed by atoms with Crippen LogP contribution >= 0.6 is 15.2 Å². The first-order valence-corrected chi connectivity index (χ1v) is 14.2. The van der Waals surface area contributed by atoms with Gasteiger partial charge in [0, 0.05) is 6.42 Å². The fourth-order valence-corrected chi connectivity index (χ4v) is 6.61. The summed E-state index contributed by atoms with van der Waals surface area (Å²) >= 11 is 0. The summed E-state index contributed by atoms with van der Waals surface area (Å²) in [5.41, 5.74) is 1.97. The second-order valence-corrected chi connectivity index (χ2v) is 12.2. The minimum Gasteiger partial charge on any atom is -0.508 e. The molecule has 10 nitrogen and oxygen atoms in total. The summed E-state index contributed by atoms with van der Waals surface area (Å²) in [5.74, 6) is -0.671. The van der Waals surface area contributed by atoms with Gasteiger partial charge in [-0.2, -0.15) is 0 Å². The zero-order valence-electron chi connectivity index (χ0n) is 18.9. The summed E-state index contributed by atoms with van der Waals surface area (Å²) in [4.78, 5) is 49.2. The van der Waals surface area contributed by atoms with Crippen molar-refractivity contribution < 1.29 is 43.7 Å². The molecule has 0 radical (unpaired) electrons. The number of aromatic hydroxyl groups is 2. The van der Waals surface area contributed by atoms with E-state index in [1.165, 1.54) is 6.07 Å². The first-order chi connectivity index (χ1) is 15.8. The monoisotopic (exact) mass is 515 g/mol. The highest BCUT2D eigenvalue weighted by molar-refractivity contribution is 7.70. The van der Waals surface area contributed by atoms with E-state index < -0.39 is 39.3 Å². The number of carbonyl (C=O) groups excluding carboxylic acids is 1. The van der Waals surface area contributed by atoms with Crippen molar-refractivity contribution in [2.24, 2.45) is 0 Å². The lowest BCUT2D eigenvalue weighted by atomic mass is 9.78. The van der Waals surface area contributed by atoms with Crippen LogP contribution in [-0.4, -0.2) is 41.1 Å². The lowest BCUT2D eigenvalue weighted by Gasteiger charge is -2.27. The fourth-order valence-electron chi connectivity index (χ4n) is 4.12. The minimum atomic E-state index is -5.13. The van der Waals surface area contributed by atoms with Gasteiger partial charge in [-0.15, -0.1) is 0 Å². The molecule has 188 valence electrons. The third-order valence-electron chi connectivity index (χ3n) is 5.82. The molecule has 0 aliphatic carbocycles. The summed E-state index contributed by atoms with van der Waals surface area (Å²) in [6.45, 7) is 4.06. The molecule has 0 unspecified atom stereocenters. The van der Waals surface area contributed by atoms with E-state index in [2.05, 4.69) is 5.32 Å². The summed E-state index contributed by atoms with van der Waals surface area (Å²) < 4.78 is 22.8. The van der Waals surface area contributed by atoms with Gasteiger partial charge in [-0.1, -0.05) is 32.0 Å². The molecule has 2 atom stereocenters. The molecule has 0 saturated heterocycles. The maximum atomic E-state index is 12.4. The van der Waals surface area contributed by atoms with Gasteiger partial charge in [0.15, 0.2) is 5.40 Å². The Morgan fingerprint density at radius 3 is 1.85 bits per heavy atom. The number of rotatable bonds is 11. The zero-order valence-corrected chi connectivity index (χ0v) is 20.7. The molecule has 2 aromatic carbocycles. The van der Waals surface area contributed by atoms with E-state index in [9.17, 15) is 43.7 Å². The lowest BCUT2D eigenvalue weighted by molar-refractivity contribution is -0.116. The molecule has 0 aliphatic heterocycles. The van der Waals surface area contributed by atoms with Gasteiger partial charge in [0.1, 0.15) is 11.5 Å². The van der Waals surface area contributed by atoms with Crippen molar-refractivity contribution in [2.75, 3.05) is 5.32 Å². The average molecular weight is 515 g/mol. The summed E-state index contributed by atoms with van der Waals surface area (Å²) in [6.07, 6.45) is 0.270. The molecule has 2 rings (SSSR count). The second kappa shape index (κ2) is 11.5. The van der Waals surface area contributed by atoms with Crippen molar-refractivity contribution in [3.05, 3.63) is 53.6 Å². The Bertz CT molecular complexity index is 1060. The largest absolute Gasteiger partial charge is 0.508 e. The molecule has 0 aliphatic rings. The van der Waals surface area contributed by atoms with Gasteiger partial charge in [-0.25, -0.2) is 0 Å². The molecule has 34 heavy (non-hydrogen) atoms. The van der Waals surface area contributed by atoms with Crippen LogP contribution in [0.4, 0.5) is 5.69 Å². The molecule has 0 bridgehead atoms. The summed E-state index contributed by atoms with van der Waals surface area (Å²) in [5, 5.41) is 20.0. The number of anilines is 1. The molecule has 0 spiro atoms. The standard InChI is InChI=1S/C22H31NO9P2/c1-3-17(14-5-8-16(24)9-6-14)18(4-2)15-7-10-20(25)19(13-15)23-21(26)11-12-22(33(27,28)29)34(30,31)32/h5-10,13,17-18,22,24-25H,3-4,11-12H2,1-2H3,(H,23,26)(H2,27,28,29)(H2,30,31,32)/t17-,18+/m1/s1. The van der Waals surface area contributed by atoms with Crippen LogP contribution in [0.2, 0.25) is 0 Å². The van der Waals surface area contributed by atoms with Gasteiger partial charge >= 0.3 is 15.2 Å². The van der Waals surface area contributed by atoms with Gasteiger partial charge in [-0.3, -0.25) is 13.9 Å². The van der Waals surface area contributed by atoms with E-state index in [4.69, 9.17) is 0 Å². The van der Waals surface area contributed by atoms with Crippen molar-refractivity contribution in [1.29, 1.82) is 0 Å². The SMILES string of the molecule is CC[C@H](c1ccc(O)cc1)[C@@H](CC)c1ccc(O)c(NC(=O)CCC(P(=O)(O)O)P(=O)(O)O)c1. The van der Waals surface area contributed by atoms with Crippen LogP contribution < -0.4 is 5.32 Å². The van der Waals surface area contributed by atoms with E-state index in [1.54, 1.807) is 24.3 Å². The Hall–Kier alpha value is -2.19. The molecule has 0 aromatic heterocycles. The number of nitrogens with one attached hydrogen (secondary N) is 1. The number of amides is 1. The highest BCUT2D eigenvalue weighted by Crippen LogP contribution is 2.61.